The average Bonchev–Trinajstić information content (AvgIpc) is 3.26. The van der Waals surface area contributed by atoms with Gasteiger partial charge in [-0.05, 0) is 84.3 Å². The molecule has 246 valence electrons. The van der Waals surface area contributed by atoms with Gasteiger partial charge < -0.3 is 25.0 Å². The molecule has 3 fully saturated rings. The Labute approximate surface area is 260 Å². The normalized spacial score (nSPS) is 30.3. The summed E-state index contributed by atoms with van der Waals surface area (Å²) >= 11 is 0. The van der Waals surface area contributed by atoms with E-state index in [4.69, 9.17) is 9.47 Å². The van der Waals surface area contributed by atoms with Crippen molar-refractivity contribution in [2.45, 2.75) is 114 Å². The maximum Gasteiger partial charge on any atom is 0.408 e. The number of alkyl carbamates (subject to hydrolysis) is 1. The Morgan fingerprint density at radius 3 is 2.57 bits per heavy atom. The number of hydrogen-bond donors (Lipinski definition) is 3. The number of carbonyl (C=O) groups excluding carboxylic acids is 4. The van der Waals surface area contributed by atoms with Crippen LogP contribution in [0.3, 0.4) is 0 Å². The number of fused-ring (bicyclic) bond motifs is 2. The van der Waals surface area contributed by atoms with Crippen molar-refractivity contribution in [1.82, 2.24) is 24.6 Å². The predicted molar refractivity (Wildman–Crippen MR) is 161 cm³/mol. The third-order valence-electron chi connectivity index (χ3n) is 8.56. The lowest BCUT2D eigenvalue weighted by Gasteiger charge is -2.31. The molecule has 4 amide bonds. The number of hydrogen-bond acceptors (Lipinski definition) is 8. The maximum atomic E-state index is 13.8. The average molecular weight is 638 g/mol. The van der Waals surface area contributed by atoms with Crippen molar-refractivity contribution in [3.63, 3.8) is 0 Å². The second-order valence-corrected chi connectivity index (χ2v) is 14.8. The van der Waals surface area contributed by atoms with Crippen LogP contribution in [0.5, 0.6) is 0 Å². The van der Waals surface area contributed by atoms with Gasteiger partial charge in [-0.15, -0.1) is 5.73 Å². The molecule has 0 unspecified atom stereocenters. The van der Waals surface area contributed by atoms with Crippen molar-refractivity contribution in [2.75, 3.05) is 26.8 Å². The number of carbonyl (C=O) groups is 4. The van der Waals surface area contributed by atoms with Gasteiger partial charge in [0, 0.05) is 32.2 Å². The summed E-state index contributed by atoms with van der Waals surface area (Å²) in [6, 6.07) is -2.13. The van der Waals surface area contributed by atoms with Gasteiger partial charge in [-0.2, -0.15) is 12.7 Å². The van der Waals surface area contributed by atoms with Crippen LogP contribution in [0.15, 0.2) is 17.9 Å². The molecule has 14 heteroatoms. The van der Waals surface area contributed by atoms with Gasteiger partial charge in [-0.25, -0.2) is 9.52 Å². The van der Waals surface area contributed by atoms with Crippen LogP contribution >= 0.6 is 0 Å². The van der Waals surface area contributed by atoms with Crippen molar-refractivity contribution < 1.29 is 37.1 Å². The van der Waals surface area contributed by atoms with E-state index in [1.807, 2.05) is 6.08 Å². The van der Waals surface area contributed by atoms with Crippen LogP contribution < -0.4 is 15.4 Å². The first-order valence-electron chi connectivity index (χ1n) is 15.6. The summed E-state index contributed by atoms with van der Waals surface area (Å²) in [5.41, 5.74) is 0.867. The van der Waals surface area contributed by atoms with Crippen LogP contribution in [0.1, 0.15) is 85.0 Å². The van der Waals surface area contributed by atoms with Crippen LogP contribution in [0.4, 0.5) is 4.79 Å². The molecule has 0 aromatic carbocycles. The van der Waals surface area contributed by atoms with E-state index in [1.54, 1.807) is 26.8 Å². The van der Waals surface area contributed by atoms with Gasteiger partial charge in [-0.3, -0.25) is 14.4 Å². The lowest BCUT2D eigenvalue weighted by Crippen LogP contribution is -2.59. The molecular weight excluding hydrogens is 590 g/mol. The molecule has 3 N–H and O–H groups in total. The van der Waals surface area contributed by atoms with Gasteiger partial charge in [0.15, 0.2) is 0 Å². The maximum absolute atomic E-state index is 13.8. The van der Waals surface area contributed by atoms with Crippen molar-refractivity contribution >= 4 is 34.0 Å². The Kier molecular flexibility index (Phi) is 10.8. The number of rotatable bonds is 6. The van der Waals surface area contributed by atoms with Crippen LogP contribution in [0.25, 0.3) is 0 Å². The predicted octanol–water partition coefficient (Wildman–Crippen LogP) is 1.89. The molecule has 0 spiro atoms. The first-order chi connectivity index (χ1) is 20.8. The molecule has 1 saturated carbocycles. The minimum Gasteiger partial charge on any atom is -0.444 e. The second kappa shape index (κ2) is 14.0. The van der Waals surface area contributed by atoms with E-state index in [1.165, 1.54) is 16.3 Å². The standard InChI is InChI=1S/C30H47N5O8S/c1-29(2,3)43-28(39)31-23-15-10-8-6-5-7-9-13-21-19-30(21,32-25(36)24-16-12-17-34(24)26(23)37)27(38)33-44(40,41)35-18-11-14-22(35)20-42-4/h7,13,21-24H,5-6,8,10-12,14-20H2,1-4H3,(H,31,39)(H,32,36)(H,33,38)/t9?,21-,22-,23+,24+,30-/m1/s1. The summed E-state index contributed by atoms with van der Waals surface area (Å²) in [5, 5.41) is 5.54. The van der Waals surface area contributed by atoms with Crippen molar-refractivity contribution in [1.29, 1.82) is 0 Å². The Morgan fingerprint density at radius 1 is 1.09 bits per heavy atom. The summed E-state index contributed by atoms with van der Waals surface area (Å²) < 4.78 is 40.6. The zero-order valence-corrected chi connectivity index (χ0v) is 27.0. The molecule has 13 nitrogen and oxygen atoms in total. The van der Waals surface area contributed by atoms with E-state index >= 15 is 0 Å². The van der Waals surface area contributed by atoms with E-state index in [0.29, 0.717) is 51.5 Å². The highest BCUT2D eigenvalue weighted by Gasteiger charge is 2.62. The van der Waals surface area contributed by atoms with E-state index in [2.05, 4.69) is 21.1 Å². The number of amides is 4. The SMILES string of the molecule is COC[C@H]1CCCN1S(=O)(=O)NC(=O)[C@@]12C[C@H]1C=C=CCCCCC[C@H](NC(=O)OC(C)(C)C)C(=O)N1CCC[C@H]1C(=O)N2. The molecule has 3 heterocycles. The molecule has 2 saturated heterocycles. The summed E-state index contributed by atoms with van der Waals surface area (Å²) in [6.45, 7) is 6.01. The highest BCUT2D eigenvalue weighted by molar-refractivity contribution is 7.87. The topological polar surface area (TPSA) is 163 Å². The van der Waals surface area contributed by atoms with Gasteiger partial charge in [0.05, 0.1) is 6.61 Å². The monoisotopic (exact) mass is 637 g/mol. The van der Waals surface area contributed by atoms with Gasteiger partial charge in [0.1, 0.15) is 23.2 Å². The largest absolute Gasteiger partial charge is 0.444 e. The zero-order valence-electron chi connectivity index (χ0n) is 26.2. The van der Waals surface area contributed by atoms with Crippen molar-refractivity contribution in [3.8, 4) is 0 Å². The lowest BCUT2D eigenvalue weighted by atomic mass is 10.0. The highest BCUT2D eigenvalue weighted by Crippen LogP contribution is 2.45. The summed E-state index contributed by atoms with van der Waals surface area (Å²) in [5.74, 6) is -2.21. The lowest BCUT2D eigenvalue weighted by molar-refractivity contribution is -0.141. The number of nitrogens with one attached hydrogen (secondary N) is 3. The molecule has 1 aliphatic carbocycles. The fourth-order valence-corrected chi connectivity index (χ4v) is 7.72. The van der Waals surface area contributed by atoms with E-state index < -0.39 is 57.3 Å². The Bertz CT molecular complexity index is 1270. The summed E-state index contributed by atoms with van der Waals surface area (Å²) in [7, 11) is -2.70. The number of nitrogens with zero attached hydrogens (tertiary/aromatic N) is 2. The fraction of sp³-hybridized carbons (Fsp3) is 0.767. The molecular formula is C30H47N5O8S. The third kappa shape index (κ3) is 8.21. The summed E-state index contributed by atoms with van der Waals surface area (Å²) in [6.07, 6.45) is 8.71. The van der Waals surface area contributed by atoms with Crippen LogP contribution in [-0.4, -0.2) is 97.5 Å². The quantitative estimate of drug-likeness (QED) is 0.372. The Balaban J connectivity index is 1.56. The van der Waals surface area contributed by atoms with Gasteiger partial charge >= 0.3 is 16.3 Å². The minimum atomic E-state index is -4.19. The molecule has 44 heavy (non-hydrogen) atoms. The highest BCUT2D eigenvalue weighted by atomic mass is 32.2. The van der Waals surface area contributed by atoms with E-state index in [-0.39, 0.29) is 31.5 Å². The molecule has 3 aliphatic heterocycles. The number of methoxy groups -OCH3 is 1. The third-order valence-corrected chi connectivity index (χ3v) is 10.1. The van der Waals surface area contributed by atoms with Gasteiger partial charge in [0.2, 0.25) is 11.8 Å². The molecule has 0 aromatic rings. The van der Waals surface area contributed by atoms with Crippen LogP contribution in [0.2, 0.25) is 0 Å². The Hall–Kier alpha value is -2.93. The molecule has 4 aliphatic rings. The smallest absolute Gasteiger partial charge is 0.408 e. The fourth-order valence-electron chi connectivity index (χ4n) is 6.25. The summed E-state index contributed by atoms with van der Waals surface area (Å²) in [4.78, 5) is 55.2. The molecule has 0 aromatic heterocycles. The van der Waals surface area contributed by atoms with Gasteiger partial charge in [-0.1, -0.05) is 12.8 Å². The van der Waals surface area contributed by atoms with E-state index in [0.717, 1.165) is 12.8 Å². The van der Waals surface area contributed by atoms with E-state index in [9.17, 15) is 27.6 Å². The van der Waals surface area contributed by atoms with Gasteiger partial charge in [0.25, 0.3) is 5.91 Å². The first kappa shape index (κ1) is 34.0. The molecule has 4 rings (SSSR count). The molecule has 5 atom stereocenters. The van der Waals surface area contributed by atoms with Crippen LogP contribution in [-0.2, 0) is 34.1 Å². The number of ether oxygens (including phenoxy) is 2. The van der Waals surface area contributed by atoms with Crippen LogP contribution in [0, 0.1) is 5.92 Å². The molecule has 0 radical (unpaired) electrons. The minimum absolute atomic E-state index is 0.200. The second-order valence-electron chi connectivity index (χ2n) is 13.1. The van der Waals surface area contributed by atoms with Crippen molar-refractivity contribution in [3.05, 3.63) is 17.9 Å². The molecule has 0 bridgehead atoms. The zero-order chi connectivity index (χ0) is 32.1. The first-order valence-corrected chi connectivity index (χ1v) is 17.1. The Morgan fingerprint density at radius 2 is 1.84 bits per heavy atom. The van der Waals surface area contributed by atoms with Crippen molar-refractivity contribution in [2.24, 2.45) is 5.92 Å².